The van der Waals surface area contributed by atoms with Gasteiger partial charge in [-0.1, -0.05) is 60.7 Å². The third kappa shape index (κ3) is 3.80. The van der Waals surface area contributed by atoms with E-state index in [0.29, 0.717) is 12.0 Å². The lowest BCUT2D eigenvalue weighted by atomic mass is 9.77. The summed E-state index contributed by atoms with van der Waals surface area (Å²) < 4.78 is 0. The third-order valence-corrected chi connectivity index (χ3v) is 5.22. The maximum Gasteiger partial charge on any atom is 0.0541 e. The number of pyridine rings is 1. The molecule has 0 amide bonds. The zero-order valence-electron chi connectivity index (χ0n) is 14.4. The van der Waals surface area contributed by atoms with Crippen molar-refractivity contribution >= 4 is 0 Å². The van der Waals surface area contributed by atoms with Crippen LogP contribution >= 0.6 is 0 Å². The number of aryl methyl sites for hydroxylation is 1. The van der Waals surface area contributed by atoms with Gasteiger partial charge in [0.15, 0.2) is 0 Å². The Balaban J connectivity index is 1.57. The van der Waals surface area contributed by atoms with Crippen LogP contribution in [0.2, 0.25) is 0 Å². The largest absolute Gasteiger partial charge is 0.304 e. The van der Waals surface area contributed by atoms with E-state index in [4.69, 9.17) is 0 Å². The number of nitrogens with zero attached hydrogens (tertiary/aromatic N) is 1. The van der Waals surface area contributed by atoms with Crippen molar-refractivity contribution < 1.29 is 0 Å². The van der Waals surface area contributed by atoms with Gasteiger partial charge in [-0.25, -0.2) is 0 Å². The van der Waals surface area contributed by atoms with E-state index < -0.39 is 0 Å². The molecular formula is C23H24N2. The summed E-state index contributed by atoms with van der Waals surface area (Å²) >= 11 is 0. The first kappa shape index (κ1) is 16.0. The average Bonchev–Trinajstić information content (AvgIpc) is 2.68. The number of nitrogens with one attached hydrogen (secondary N) is 1. The topological polar surface area (TPSA) is 24.9 Å². The lowest BCUT2D eigenvalue weighted by molar-refractivity contribution is 0.316. The normalized spacial score (nSPS) is 19.4. The van der Waals surface area contributed by atoms with Gasteiger partial charge in [0.05, 0.1) is 5.69 Å². The van der Waals surface area contributed by atoms with Gasteiger partial charge in [-0.05, 0) is 54.0 Å². The standard InChI is InChI=1S/C23H24N2/c1-2-8-18(9-3-1)16-20-14-13-19-10-4-5-12-22(19)23(20)25-17-21-11-6-7-15-24-21/h1-12,15,20,23,25H,13-14,16-17H2. The van der Waals surface area contributed by atoms with E-state index >= 15 is 0 Å². The van der Waals surface area contributed by atoms with Crippen LogP contribution in [0, 0.1) is 5.92 Å². The molecule has 1 aromatic heterocycles. The van der Waals surface area contributed by atoms with Crippen molar-refractivity contribution in [3.63, 3.8) is 0 Å². The first-order valence-electron chi connectivity index (χ1n) is 9.15. The number of benzene rings is 2. The number of hydrogen-bond donors (Lipinski definition) is 1. The van der Waals surface area contributed by atoms with Crippen LogP contribution in [-0.4, -0.2) is 4.98 Å². The molecule has 3 aromatic rings. The quantitative estimate of drug-likeness (QED) is 0.733. The predicted octanol–water partition coefficient (Wildman–Crippen LogP) is 4.72. The molecule has 0 aliphatic heterocycles. The first-order valence-corrected chi connectivity index (χ1v) is 9.15. The van der Waals surface area contributed by atoms with Gasteiger partial charge in [0.1, 0.15) is 0 Å². The molecule has 0 fully saturated rings. The molecule has 126 valence electrons. The van der Waals surface area contributed by atoms with E-state index in [9.17, 15) is 0 Å². The highest BCUT2D eigenvalue weighted by atomic mass is 14.9. The second-order valence-electron chi connectivity index (χ2n) is 6.87. The second kappa shape index (κ2) is 7.62. The molecule has 2 unspecified atom stereocenters. The van der Waals surface area contributed by atoms with Crippen molar-refractivity contribution in [3.8, 4) is 0 Å². The fraction of sp³-hybridized carbons (Fsp3) is 0.261. The van der Waals surface area contributed by atoms with Gasteiger partial charge in [-0.15, -0.1) is 0 Å². The lowest BCUT2D eigenvalue weighted by Gasteiger charge is -2.34. The van der Waals surface area contributed by atoms with Gasteiger partial charge in [-0.3, -0.25) is 4.98 Å². The number of hydrogen-bond acceptors (Lipinski definition) is 2. The van der Waals surface area contributed by atoms with Gasteiger partial charge in [0.2, 0.25) is 0 Å². The molecule has 1 aliphatic carbocycles. The molecule has 1 heterocycles. The Morgan fingerprint density at radius 1 is 0.880 bits per heavy atom. The van der Waals surface area contributed by atoms with Crippen LogP contribution < -0.4 is 5.32 Å². The van der Waals surface area contributed by atoms with E-state index in [1.54, 1.807) is 0 Å². The summed E-state index contributed by atoms with van der Waals surface area (Å²) in [5.41, 5.74) is 5.48. The summed E-state index contributed by atoms with van der Waals surface area (Å²) in [7, 11) is 0. The van der Waals surface area contributed by atoms with E-state index in [1.807, 2.05) is 12.3 Å². The van der Waals surface area contributed by atoms with Gasteiger partial charge in [0, 0.05) is 18.8 Å². The molecule has 0 saturated heterocycles. The minimum Gasteiger partial charge on any atom is -0.304 e. The Morgan fingerprint density at radius 3 is 2.52 bits per heavy atom. The zero-order valence-corrected chi connectivity index (χ0v) is 14.4. The number of aromatic nitrogens is 1. The summed E-state index contributed by atoms with van der Waals surface area (Å²) in [6.45, 7) is 0.811. The van der Waals surface area contributed by atoms with E-state index in [1.165, 1.54) is 29.5 Å². The predicted molar refractivity (Wildman–Crippen MR) is 102 cm³/mol. The molecule has 2 aromatic carbocycles. The average molecular weight is 328 g/mol. The zero-order chi connectivity index (χ0) is 16.9. The van der Waals surface area contributed by atoms with Gasteiger partial charge in [-0.2, -0.15) is 0 Å². The highest BCUT2D eigenvalue weighted by molar-refractivity contribution is 5.34. The fourth-order valence-corrected chi connectivity index (χ4v) is 3.96. The minimum absolute atomic E-state index is 0.382. The van der Waals surface area contributed by atoms with Crippen molar-refractivity contribution in [2.45, 2.75) is 31.8 Å². The van der Waals surface area contributed by atoms with Crippen molar-refractivity contribution in [1.82, 2.24) is 10.3 Å². The van der Waals surface area contributed by atoms with Gasteiger partial charge < -0.3 is 5.32 Å². The monoisotopic (exact) mass is 328 g/mol. The molecule has 0 bridgehead atoms. The maximum absolute atomic E-state index is 4.47. The molecular weight excluding hydrogens is 304 g/mol. The summed E-state index contributed by atoms with van der Waals surface area (Å²) in [5.74, 6) is 0.612. The molecule has 0 saturated carbocycles. The van der Waals surface area contributed by atoms with Crippen LogP contribution in [0.3, 0.4) is 0 Å². The fourth-order valence-electron chi connectivity index (χ4n) is 3.96. The summed E-state index contributed by atoms with van der Waals surface area (Å²) in [4.78, 5) is 4.47. The Kier molecular flexibility index (Phi) is 4.89. The molecule has 0 spiro atoms. The molecule has 1 aliphatic rings. The van der Waals surface area contributed by atoms with Crippen LogP contribution in [0.15, 0.2) is 79.0 Å². The molecule has 4 rings (SSSR count). The van der Waals surface area contributed by atoms with E-state index in [-0.39, 0.29) is 0 Å². The molecule has 2 nitrogen and oxygen atoms in total. The van der Waals surface area contributed by atoms with Crippen LogP contribution in [0.5, 0.6) is 0 Å². The number of fused-ring (bicyclic) bond motifs is 1. The maximum atomic E-state index is 4.47. The van der Waals surface area contributed by atoms with Crippen LogP contribution in [-0.2, 0) is 19.4 Å². The van der Waals surface area contributed by atoms with Crippen molar-refractivity contribution in [2.24, 2.45) is 5.92 Å². The van der Waals surface area contributed by atoms with Crippen LogP contribution in [0.1, 0.15) is 34.8 Å². The Hall–Kier alpha value is -2.45. The first-order chi connectivity index (χ1) is 12.4. The van der Waals surface area contributed by atoms with Crippen molar-refractivity contribution in [2.75, 3.05) is 0 Å². The lowest BCUT2D eigenvalue weighted by Crippen LogP contribution is -2.33. The highest BCUT2D eigenvalue weighted by Crippen LogP contribution is 2.36. The highest BCUT2D eigenvalue weighted by Gasteiger charge is 2.29. The number of rotatable bonds is 5. The van der Waals surface area contributed by atoms with Crippen LogP contribution in [0.4, 0.5) is 0 Å². The SMILES string of the molecule is c1ccc(CC2CCc3ccccc3C2NCc2ccccn2)cc1. The molecule has 25 heavy (non-hydrogen) atoms. The van der Waals surface area contributed by atoms with Crippen molar-refractivity contribution in [3.05, 3.63) is 101 Å². The summed E-state index contributed by atoms with van der Waals surface area (Å²) in [6, 6.07) is 26.3. The van der Waals surface area contributed by atoms with Crippen molar-refractivity contribution in [1.29, 1.82) is 0 Å². The Labute approximate surface area is 149 Å². The van der Waals surface area contributed by atoms with Gasteiger partial charge in [0.25, 0.3) is 0 Å². The molecule has 1 N–H and O–H groups in total. The summed E-state index contributed by atoms with van der Waals surface area (Å²) in [6.07, 6.45) is 5.39. The minimum atomic E-state index is 0.382. The van der Waals surface area contributed by atoms with Gasteiger partial charge >= 0.3 is 0 Å². The van der Waals surface area contributed by atoms with E-state index in [2.05, 4.69) is 77.0 Å². The Morgan fingerprint density at radius 2 is 1.68 bits per heavy atom. The van der Waals surface area contributed by atoms with E-state index in [0.717, 1.165) is 18.7 Å². The molecule has 0 radical (unpaired) electrons. The smallest absolute Gasteiger partial charge is 0.0541 e. The molecule has 2 atom stereocenters. The summed E-state index contributed by atoms with van der Waals surface area (Å²) in [5, 5.41) is 3.80. The third-order valence-electron chi connectivity index (χ3n) is 5.22. The Bertz CT molecular complexity index is 799. The molecule has 2 heteroatoms. The van der Waals surface area contributed by atoms with Crippen LogP contribution in [0.25, 0.3) is 0 Å². The second-order valence-corrected chi connectivity index (χ2v) is 6.87.